The van der Waals surface area contributed by atoms with Crippen molar-refractivity contribution in [3.05, 3.63) is 69.7 Å². The first-order valence-corrected chi connectivity index (χ1v) is 16.6. The average molecular weight is 682 g/mol. The number of benzene rings is 1. The highest BCUT2D eigenvalue weighted by Gasteiger charge is 2.48. The van der Waals surface area contributed by atoms with Crippen LogP contribution in [0.1, 0.15) is 42.5 Å². The molecule has 2 amide bonds. The van der Waals surface area contributed by atoms with Gasteiger partial charge in [0.05, 0.1) is 36.8 Å². The second kappa shape index (κ2) is 13.8. The molecule has 6 rings (SSSR count). The van der Waals surface area contributed by atoms with E-state index in [-0.39, 0.29) is 48.9 Å². The lowest BCUT2D eigenvalue weighted by Crippen LogP contribution is -2.61. The highest BCUT2D eigenvalue weighted by Crippen LogP contribution is 2.35. The van der Waals surface area contributed by atoms with E-state index in [9.17, 15) is 14.4 Å². The average Bonchev–Trinajstić information content (AvgIpc) is 3.07. The molecule has 0 radical (unpaired) electrons. The fraction of sp³-hybridized carbons (Fsp3) is 0.486. The van der Waals surface area contributed by atoms with Crippen LogP contribution in [0.4, 0.5) is 24.5 Å². The number of nitrogens with zero attached hydrogens (tertiary/aromatic N) is 6. The molecule has 0 saturated carbocycles. The molecule has 2 aromatic heterocycles. The van der Waals surface area contributed by atoms with E-state index in [1.807, 2.05) is 17.9 Å². The third-order valence-corrected chi connectivity index (χ3v) is 9.97. The molecule has 3 saturated heterocycles. The van der Waals surface area contributed by atoms with Crippen molar-refractivity contribution in [2.45, 2.75) is 58.0 Å². The lowest BCUT2D eigenvalue weighted by Gasteiger charge is -2.46. The number of nitrogens with one attached hydrogen (secondary N) is 1. The molecule has 1 N–H and O–H groups in total. The number of hydrogen-bond donors (Lipinski definition) is 1. The number of aryl methyl sites for hydroxylation is 1. The van der Waals surface area contributed by atoms with Gasteiger partial charge in [-0.05, 0) is 50.5 Å². The Labute approximate surface area is 283 Å². The second-order valence-corrected chi connectivity index (χ2v) is 13.1. The van der Waals surface area contributed by atoms with Crippen LogP contribution >= 0.6 is 0 Å². The van der Waals surface area contributed by atoms with Crippen LogP contribution in [-0.2, 0) is 23.2 Å². The van der Waals surface area contributed by atoms with Crippen LogP contribution in [0.2, 0.25) is 0 Å². The summed E-state index contributed by atoms with van der Waals surface area (Å²) in [6.45, 7) is 5.39. The number of anilines is 2. The van der Waals surface area contributed by atoms with Crippen LogP contribution < -0.4 is 20.6 Å². The lowest BCUT2D eigenvalue weighted by atomic mass is 9.97. The zero-order chi connectivity index (χ0) is 35.0. The van der Waals surface area contributed by atoms with Gasteiger partial charge in [-0.2, -0.15) is 5.01 Å². The predicted octanol–water partition coefficient (Wildman–Crippen LogP) is 4.11. The van der Waals surface area contributed by atoms with Crippen molar-refractivity contribution >= 4 is 23.2 Å². The van der Waals surface area contributed by atoms with Crippen LogP contribution in [0.15, 0.2) is 41.5 Å². The van der Waals surface area contributed by atoms with Gasteiger partial charge in [-0.25, -0.2) is 13.2 Å². The number of hydrogen-bond acceptors (Lipinski definition) is 9. The quantitative estimate of drug-likeness (QED) is 0.352. The first-order chi connectivity index (χ1) is 23.4. The summed E-state index contributed by atoms with van der Waals surface area (Å²) in [6.07, 6.45) is 4.73. The van der Waals surface area contributed by atoms with E-state index in [4.69, 9.17) is 4.74 Å². The number of imide groups is 1. The number of piperazine rings is 1. The van der Waals surface area contributed by atoms with Crippen LogP contribution in [-0.4, -0.2) is 94.5 Å². The van der Waals surface area contributed by atoms with Crippen molar-refractivity contribution < 1.29 is 27.5 Å². The number of ether oxygens (including phenoxy) is 1. The van der Waals surface area contributed by atoms with E-state index in [2.05, 4.69) is 10.4 Å². The molecule has 3 fully saturated rings. The van der Waals surface area contributed by atoms with Crippen molar-refractivity contribution in [2.24, 2.45) is 7.05 Å². The van der Waals surface area contributed by atoms with Crippen molar-refractivity contribution in [2.75, 3.05) is 56.7 Å². The van der Waals surface area contributed by atoms with Gasteiger partial charge >= 0.3 is 0 Å². The van der Waals surface area contributed by atoms with Gasteiger partial charge < -0.3 is 14.2 Å². The smallest absolute Gasteiger partial charge is 0.275 e. The molecule has 0 spiro atoms. The summed E-state index contributed by atoms with van der Waals surface area (Å²) >= 11 is 0. The number of hydrazine groups is 1. The summed E-state index contributed by atoms with van der Waals surface area (Å²) in [6, 6.07) is 5.33. The van der Waals surface area contributed by atoms with Crippen LogP contribution in [0.3, 0.4) is 0 Å². The number of alkyl halides is 2. The van der Waals surface area contributed by atoms with Crippen molar-refractivity contribution in [1.82, 2.24) is 24.4 Å². The van der Waals surface area contributed by atoms with Crippen molar-refractivity contribution in [3.63, 3.8) is 0 Å². The van der Waals surface area contributed by atoms with Gasteiger partial charge in [0, 0.05) is 94.3 Å². The van der Waals surface area contributed by atoms with Gasteiger partial charge in [-0.1, -0.05) is 0 Å². The van der Waals surface area contributed by atoms with Gasteiger partial charge in [0.25, 0.3) is 11.5 Å². The third-order valence-electron chi connectivity index (χ3n) is 9.97. The largest absolute Gasteiger partial charge is 0.495 e. The number of pyridine rings is 2. The van der Waals surface area contributed by atoms with Crippen molar-refractivity contribution in [3.8, 4) is 16.9 Å². The van der Waals surface area contributed by atoms with E-state index in [1.54, 1.807) is 48.3 Å². The number of piperidine rings is 2. The van der Waals surface area contributed by atoms with Crippen LogP contribution in [0.25, 0.3) is 11.1 Å². The first-order valence-electron chi connectivity index (χ1n) is 16.6. The zero-order valence-electron chi connectivity index (χ0n) is 28.3. The Morgan fingerprint density at radius 3 is 2.37 bits per heavy atom. The minimum absolute atomic E-state index is 0.0650. The van der Waals surface area contributed by atoms with Gasteiger partial charge in [0.1, 0.15) is 11.6 Å². The molecule has 3 aliphatic rings. The van der Waals surface area contributed by atoms with Crippen molar-refractivity contribution in [1.29, 1.82) is 0 Å². The topological polar surface area (TPSA) is 103 Å². The Morgan fingerprint density at radius 2 is 1.71 bits per heavy atom. The summed E-state index contributed by atoms with van der Waals surface area (Å²) in [4.78, 5) is 46.5. The second-order valence-electron chi connectivity index (χ2n) is 13.1. The molecule has 1 unspecified atom stereocenters. The fourth-order valence-electron chi connectivity index (χ4n) is 7.09. The molecular formula is C35H42F3N7O4. The molecule has 1 atom stereocenters. The third kappa shape index (κ3) is 7.02. The summed E-state index contributed by atoms with van der Waals surface area (Å²) in [5, 5.41) is 0.935. The van der Waals surface area contributed by atoms with E-state index in [0.717, 1.165) is 21.7 Å². The SMILES string of the molecule is COc1cc(-c2cn(C)c(=O)c(C)c2C)cnc1CN1CCC(N2CCN(c3ccc(NN4C(=O)CCCC4=O)cc3F)CC2)C(F)(F)C1. The highest BCUT2D eigenvalue weighted by molar-refractivity contribution is 5.98. The first kappa shape index (κ1) is 34.4. The molecule has 14 heteroatoms. The van der Waals surface area contributed by atoms with Crippen LogP contribution in [0.5, 0.6) is 5.75 Å². The number of halogens is 3. The Bertz CT molecular complexity index is 1790. The Kier molecular flexibility index (Phi) is 9.72. The molecule has 49 heavy (non-hydrogen) atoms. The molecule has 0 bridgehead atoms. The molecule has 3 aromatic rings. The maximum absolute atomic E-state index is 15.7. The number of amides is 2. The minimum atomic E-state index is -2.97. The monoisotopic (exact) mass is 681 g/mol. The summed E-state index contributed by atoms with van der Waals surface area (Å²) in [5.74, 6) is -3.71. The van der Waals surface area contributed by atoms with Gasteiger partial charge in [-0.3, -0.25) is 34.6 Å². The molecule has 3 aliphatic heterocycles. The standard InChI is InChI=1S/C35H42F3N7O4/c1-22-23(2)34(48)41(3)19-26(22)24-16-30(49-4)28(39-18-24)20-42-11-10-31(35(37,38)21-42)44-14-12-43(13-15-44)29-9-8-25(17-27(29)36)40-45-32(46)6-5-7-33(45)47/h8-9,16-19,31,40H,5-7,10-15,20-21H2,1-4H3. The van der Waals surface area contributed by atoms with E-state index >= 15 is 13.2 Å². The molecule has 11 nitrogen and oxygen atoms in total. The number of carbonyl (C=O) groups excluding carboxylic acids is 2. The molecule has 1 aromatic carbocycles. The van der Waals surface area contributed by atoms with Crippen LogP contribution in [0, 0.1) is 19.7 Å². The summed E-state index contributed by atoms with van der Waals surface area (Å²) in [7, 11) is 3.23. The molecule has 262 valence electrons. The molecule has 0 aliphatic carbocycles. The highest BCUT2D eigenvalue weighted by atomic mass is 19.3. The van der Waals surface area contributed by atoms with E-state index in [0.29, 0.717) is 61.8 Å². The van der Waals surface area contributed by atoms with Gasteiger partial charge in [0.15, 0.2) is 0 Å². The molecule has 5 heterocycles. The predicted molar refractivity (Wildman–Crippen MR) is 179 cm³/mol. The fourth-order valence-corrected chi connectivity index (χ4v) is 7.09. The maximum atomic E-state index is 15.7. The Balaban J connectivity index is 1.06. The van der Waals surface area contributed by atoms with Gasteiger partial charge in [-0.15, -0.1) is 0 Å². The number of likely N-dealkylation sites (tertiary alicyclic amines) is 1. The van der Waals surface area contributed by atoms with E-state index < -0.39 is 24.3 Å². The normalized spacial score (nSPS) is 20.5. The number of rotatable bonds is 8. The summed E-state index contributed by atoms with van der Waals surface area (Å²) < 4.78 is 53.7. The Morgan fingerprint density at radius 1 is 1.00 bits per heavy atom. The van der Waals surface area contributed by atoms with E-state index in [1.165, 1.54) is 17.7 Å². The lowest BCUT2D eigenvalue weighted by molar-refractivity contribution is -0.146. The summed E-state index contributed by atoms with van der Waals surface area (Å²) in [5.41, 5.74) is 6.96. The van der Waals surface area contributed by atoms with Gasteiger partial charge in [0.2, 0.25) is 11.8 Å². The zero-order valence-corrected chi connectivity index (χ0v) is 28.3. The number of carbonyl (C=O) groups is 2. The Hall–Kier alpha value is -4.43. The number of aromatic nitrogens is 2. The maximum Gasteiger partial charge on any atom is 0.275 e. The minimum Gasteiger partial charge on any atom is -0.495 e. The number of methoxy groups -OCH3 is 1. The molecular weight excluding hydrogens is 639 g/mol.